The minimum absolute atomic E-state index is 0.0914. The lowest BCUT2D eigenvalue weighted by Crippen LogP contribution is -2.23. The number of aryl methyl sites for hydroxylation is 1. The van der Waals surface area contributed by atoms with Crippen molar-refractivity contribution in [1.29, 1.82) is 0 Å². The number of rotatable bonds is 3. The van der Waals surface area contributed by atoms with Crippen LogP contribution < -0.4 is 11.1 Å². The Kier molecular flexibility index (Phi) is 3.27. The van der Waals surface area contributed by atoms with Crippen LogP contribution in [0.15, 0.2) is 28.8 Å². The zero-order valence-electron chi connectivity index (χ0n) is 9.74. The minimum atomic E-state index is -0.615. The molecule has 0 aliphatic carbocycles. The summed E-state index contributed by atoms with van der Waals surface area (Å²) < 4.78 is 18.3. The number of carbonyl (C=O) groups is 1. The number of nitrogens with zero attached hydrogens (tertiary/aromatic N) is 1. The smallest absolute Gasteiger partial charge is 0.254 e. The predicted octanol–water partition coefficient (Wildman–Crippen LogP) is 1.63. The Labute approximate surface area is 103 Å². The maximum absolute atomic E-state index is 13.4. The van der Waals surface area contributed by atoms with E-state index in [0.717, 1.165) is 11.8 Å². The maximum Gasteiger partial charge on any atom is 0.254 e. The van der Waals surface area contributed by atoms with E-state index in [9.17, 15) is 9.18 Å². The van der Waals surface area contributed by atoms with Gasteiger partial charge in [0, 0.05) is 11.8 Å². The fourth-order valence-electron chi connectivity index (χ4n) is 1.48. The summed E-state index contributed by atoms with van der Waals surface area (Å²) in [5.41, 5.74) is 6.46. The molecule has 0 fully saturated rings. The molecule has 3 N–H and O–H groups in total. The molecule has 2 rings (SSSR count). The second-order valence-electron chi connectivity index (χ2n) is 3.86. The van der Waals surface area contributed by atoms with Gasteiger partial charge in [-0.25, -0.2) is 4.39 Å². The van der Waals surface area contributed by atoms with Gasteiger partial charge in [-0.3, -0.25) is 4.79 Å². The molecule has 0 bridgehead atoms. The number of nitrogens with two attached hydrogens (primary N) is 1. The van der Waals surface area contributed by atoms with Gasteiger partial charge >= 0.3 is 0 Å². The van der Waals surface area contributed by atoms with E-state index in [0.29, 0.717) is 11.4 Å². The average Bonchev–Trinajstić information content (AvgIpc) is 2.75. The van der Waals surface area contributed by atoms with Crippen LogP contribution in [0.1, 0.15) is 21.8 Å². The van der Waals surface area contributed by atoms with Crippen molar-refractivity contribution in [2.75, 3.05) is 5.73 Å². The van der Waals surface area contributed by atoms with Gasteiger partial charge in [-0.2, -0.15) is 0 Å². The Hall–Kier alpha value is -2.37. The van der Waals surface area contributed by atoms with Gasteiger partial charge in [0.2, 0.25) is 0 Å². The predicted molar refractivity (Wildman–Crippen MR) is 63.2 cm³/mol. The lowest BCUT2D eigenvalue weighted by Gasteiger charge is -2.04. The van der Waals surface area contributed by atoms with Gasteiger partial charge in [0.1, 0.15) is 5.82 Å². The van der Waals surface area contributed by atoms with Crippen molar-refractivity contribution in [3.05, 3.63) is 47.1 Å². The van der Waals surface area contributed by atoms with Gasteiger partial charge in [-0.05, 0) is 25.1 Å². The third-order valence-corrected chi connectivity index (χ3v) is 2.33. The highest BCUT2D eigenvalue weighted by Gasteiger charge is 2.12. The van der Waals surface area contributed by atoms with Gasteiger partial charge in [0.05, 0.1) is 17.8 Å². The second kappa shape index (κ2) is 4.87. The van der Waals surface area contributed by atoms with Crippen molar-refractivity contribution in [1.82, 2.24) is 10.5 Å². The molecule has 6 heteroatoms. The molecule has 5 nitrogen and oxygen atoms in total. The average molecular weight is 249 g/mol. The van der Waals surface area contributed by atoms with Gasteiger partial charge in [0.25, 0.3) is 5.91 Å². The van der Waals surface area contributed by atoms with E-state index in [1.165, 1.54) is 12.1 Å². The largest absolute Gasteiger partial charge is 0.399 e. The third-order valence-electron chi connectivity index (χ3n) is 2.33. The molecule has 1 aromatic carbocycles. The summed E-state index contributed by atoms with van der Waals surface area (Å²) in [7, 11) is 0. The number of nitrogens with one attached hydrogen (secondary N) is 1. The van der Waals surface area contributed by atoms with Crippen molar-refractivity contribution >= 4 is 11.6 Å². The molecule has 0 aliphatic rings. The van der Waals surface area contributed by atoms with Crippen LogP contribution in [0.2, 0.25) is 0 Å². The molecular formula is C12H12FN3O2. The molecule has 1 aromatic heterocycles. The lowest BCUT2D eigenvalue weighted by atomic mass is 10.1. The van der Waals surface area contributed by atoms with Crippen molar-refractivity contribution in [2.45, 2.75) is 13.5 Å². The van der Waals surface area contributed by atoms with E-state index < -0.39 is 11.7 Å². The zero-order chi connectivity index (χ0) is 13.1. The van der Waals surface area contributed by atoms with E-state index in [2.05, 4.69) is 10.5 Å². The summed E-state index contributed by atoms with van der Waals surface area (Å²) in [6.45, 7) is 1.92. The van der Waals surface area contributed by atoms with Crippen LogP contribution in [0.4, 0.5) is 10.1 Å². The molecular weight excluding hydrogens is 237 g/mol. The highest BCUT2D eigenvalue weighted by molar-refractivity contribution is 5.95. The summed E-state index contributed by atoms with van der Waals surface area (Å²) in [5, 5.41) is 6.21. The fourth-order valence-corrected chi connectivity index (χ4v) is 1.48. The van der Waals surface area contributed by atoms with E-state index >= 15 is 0 Å². The molecule has 0 saturated heterocycles. The first-order valence-corrected chi connectivity index (χ1v) is 5.31. The Morgan fingerprint density at radius 3 is 2.94 bits per heavy atom. The van der Waals surface area contributed by atoms with Gasteiger partial charge in [-0.15, -0.1) is 0 Å². The Morgan fingerprint density at radius 1 is 1.50 bits per heavy atom. The number of anilines is 1. The van der Waals surface area contributed by atoms with Crippen LogP contribution in [0.3, 0.4) is 0 Å². The number of benzene rings is 1. The summed E-state index contributed by atoms with van der Waals surface area (Å²) in [4.78, 5) is 11.7. The zero-order valence-corrected chi connectivity index (χ0v) is 9.74. The Balaban J connectivity index is 2.05. The number of amides is 1. The van der Waals surface area contributed by atoms with Crippen molar-refractivity contribution in [2.24, 2.45) is 0 Å². The summed E-state index contributed by atoms with van der Waals surface area (Å²) in [6.07, 6.45) is 0. The summed E-state index contributed by atoms with van der Waals surface area (Å²) in [5.74, 6) is -0.658. The van der Waals surface area contributed by atoms with Crippen molar-refractivity contribution in [3.8, 4) is 0 Å². The fraction of sp³-hybridized carbons (Fsp3) is 0.167. The normalized spacial score (nSPS) is 10.3. The van der Waals surface area contributed by atoms with E-state index in [1.807, 2.05) is 0 Å². The quantitative estimate of drug-likeness (QED) is 0.810. The van der Waals surface area contributed by atoms with Crippen LogP contribution in [0, 0.1) is 12.7 Å². The Bertz CT molecular complexity index is 580. The SMILES string of the molecule is Cc1cc(CNC(=O)c2cc(N)ccc2F)on1. The van der Waals surface area contributed by atoms with E-state index in [-0.39, 0.29) is 12.1 Å². The van der Waals surface area contributed by atoms with Gasteiger partial charge in [0.15, 0.2) is 5.76 Å². The van der Waals surface area contributed by atoms with Crippen molar-refractivity contribution < 1.29 is 13.7 Å². The first-order valence-electron chi connectivity index (χ1n) is 5.31. The maximum atomic E-state index is 13.4. The number of hydrogen-bond donors (Lipinski definition) is 2. The molecule has 0 spiro atoms. The molecule has 0 radical (unpaired) electrons. The molecule has 0 saturated carbocycles. The topological polar surface area (TPSA) is 81.2 Å². The number of halogens is 1. The summed E-state index contributed by atoms with van der Waals surface area (Å²) >= 11 is 0. The molecule has 2 aromatic rings. The van der Waals surface area contributed by atoms with Crippen LogP contribution >= 0.6 is 0 Å². The molecule has 18 heavy (non-hydrogen) atoms. The van der Waals surface area contributed by atoms with E-state index in [4.69, 9.17) is 10.3 Å². The van der Waals surface area contributed by atoms with Gasteiger partial charge in [-0.1, -0.05) is 5.16 Å². The van der Waals surface area contributed by atoms with Crippen LogP contribution in [-0.2, 0) is 6.54 Å². The first kappa shape index (κ1) is 12.1. The molecule has 0 atom stereocenters. The number of aromatic nitrogens is 1. The summed E-state index contributed by atoms with van der Waals surface area (Å²) in [6, 6.07) is 5.53. The molecule has 94 valence electrons. The Morgan fingerprint density at radius 2 is 2.28 bits per heavy atom. The minimum Gasteiger partial charge on any atom is -0.399 e. The van der Waals surface area contributed by atoms with Crippen LogP contribution in [0.25, 0.3) is 0 Å². The molecule has 0 aliphatic heterocycles. The molecule has 0 unspecified atom stereocenters. The monoisotopic (exact) mass is 249 g/mol. The highest BCUT2D eigenvalue weighted by atomic mass is 19.1. The van der Waals surface area contributed by atoms with Crippen LogP contribution in [-0.4, -0.2) is 11.1 Å². The first-order chi connectivity index (χ1) is 8.56. The van der Waals surface area contributed by atoms with Crippen molar-refractivity contribution in [3.63, 3.8) is 0 Å². The molecule has 1 heterocycles. The van der Waals surface area contributed by atoms with E-state index in [1.54, 1.807) is 13.0 Å². The van der Waals surface area contributed by atoms with Gasteiger partial charge < -0.3 is 15.6 Å². The number of carbonyl (C=O) groups excluding carboxylic acids is 1. The third kappa shape index (κ3) is 2.65. The van der Waals surface area contributed by atoms with Crippen LogP contribution in [0.5, 0.6) is 0 Å². The number of nitrogen functional groups attached to an aromatic ring is 1. The number of hydrogen-bond acceptors (Lipinski definition) is 4. The molecule has 1 amide bonds. The standard InChI is InChI=1S/C12H12FN3O2/c1-7-4-9(18-16-7)6-15-12(17)10-5-8(14)2-3-11(10)13/h2-5H,6,14H2,1H3,(H,15,17). The highest BCUT2D eigenvalue weighted by Crippen LogP contribution is 2.12. The lowest BCUT2D eigenvalue weighted by molar-refractivity contribution is 0.0943. The second-order valence-corrected chi connectivity index (χ2v) is 3.86.